The first-order valence-corrected chi connectivity index (χ1v) is 15.3. The summed E-state index contributed by atoms with van der Waals surface area (Å²) >= 11 is 0. The van der Waals surface area contributed by atoms with E-state index in [0.29, 0.717) is 42.0 Å². The van der Waals surface area contributed by atoms with Gasteiger partial charge in [-0.3, -0.25) is 14.8 Å². The molecule has 0 spiro atoms. The Balaban J connectivity index is 0.000000155. The largest absolute Gasteiger partial charge is 0.443 e. The van der Waals surface area contributed by atoms with Crippen molar-refractivity contribution < 1.29 is 19.1 Å². The van der Waals surface area contributed by atoms with Crippen LogP contribution in [0, 0.1) is 24.3 Å². The monoisotopic (exact) mass is 586 g/mol. The zero-order chi connectivity index (χ0) is 31.1. The summed E-state index contributed by atoms with van der Waals surface area (Å²) in [5.41, 5.74) is 9.72. The van der Waals surface area contributed by atoms with Gasteiger partial charge in [-0.1, -0.05) is 13.5 Å². The van der Waals surface area contributed by atoms with Crippen molar-refractivity contribution in [1.29, 1.82) is 0 Å². The van der Waals surface area contributed by atoms with Crippen LogP contribution in [0.2, 0.25) is 0 Å². The Labute approximate surface area is 253 Å². The molecule has 2 N–H and O–H groups in total. The molecule has 3 saturated carbocycles. The molecule has 0 bridgehead atoms. The van der Waals surface area contributed by atoms with Crippen LogP contribution in [0.5, 0.6) is 0 Å². The van der Waals surface area contributed by atoms with E-state index < -0.39 is 11.2 Å². The minimum Gasteiger partial charge on any atom is -0.443 e. The lowest BCUT2D eigenvalue weighted by atomic mass is 10.0. The van der Waals surface area contributed by atoms with E-state index in [-0.39, 0.29) is 17.7 Å². The maximum absolute atomic E-state index is 12.5. The number of amides is 2. The molecule has 6 unspecified atom stereocenters. The average molecular weight is 587 g/mol. The molecule has 2 amide bonds. The fourth-order valence-electron chi connectivity index (χ4n) is 6.27. The second-order valence-electron chi connectivity index (χ2n) is 14.8. The third-order valence-electron chi connectivity index (χ3n) is 8.94. The number of fused-ring (bicyclic) bond motifs is 6. The van der Waals surface area contributed by atoms with Crippen LogP contribution in [-0.2, 0) is 15.0 Å². The van der Waals surface area contributed by atoms with Crippen LogP contribution in [0.4, 0.5) is 26.8 Å². The summed E-state index contributed by atoms with van der Waals surface area (Å²) in [5.74, 6) is 2.74. The van der Waals surface area contributed by atoms with Gasteiger partial charge >= 0.3 is 12.2 Å². The van der Waals surface area contributed by atoms with Crippen molar-refractivity contribution in [2.45, 2.75) is 96.3 Å². The number of carbonyl (C=O) groups is 2. The summed E-state index contributed by atoms with van der Waals surface area (Å²) in [6.07, 6.45) is 2.53. The Bertz CT molecular complexity index is 1520. The van der Waals surface area contributed by atoms with Crippen LogP contribution in [0.3, 0.4) is 0 Å². The Morgan fingerprint density at radius 2 is 1.35 bits per heavy atom. The van der Waals surface area contributed by atoms with E-state index in [2.05, 4.69) is 16.8 Å². The van der Waals surface area contributed by atoms with Crippen molar-refractivity contribution >= 4 is 29.4 Å². The molecule has 10 heteroatoms. The molecule has 0 aromatic carbocycles. The van der Waals surface area contributed by atoms with E-state index in [1.54, 1.807) is 15.9 Å². The lowest BCUT2D eigenvalue weighted by Crippen LogP contribution is -2.40. The predicted molar refractivity (Wildman–Crippen MR) is 163 cm³/mol. The van der Waals surface area contributed by atoms with Gasteiger partial charge in [0.1, 0.15) is 11.2 Å². The number of rotatable bonds is 1. The molecule has 3 fully saturated rings. The number of hydrogen-bond donors (Lipinski definition) is 1. The number of anilines is 2. The molecule has 2 aliphatic heterocycles. The Hall–Kier alpha value is -3.71. The predicted octanol–water partition coefficient (Wildman–Crippen LogP) is 6.62. The van der Waals surface area contributed by atoms with Gasteiger partial charge in [0.05, 0.1) is 28.3 Å². The van der Waals surface area contributed by atoms with Crippen LogP contribution in [-0.4, -0.2) is 46.4 Å². The SMILES string of the molecule is CC1CC1(N)c1ccc2c(n1)C1CC1CN2C(=O)OC(C)(C)C.[C-]#[N+]c1ccc2c(n1)C1CC1CN2C(=O)OC(C)(C)C. The van der Waals surface area contributed by atoms with E-state index in [1.807, 2.05) is 59.7 Å². The van der Waals surface area contributed by atoms with Crippen LogP contribution < -0.4 is 15.5 Å². The van der Waals surface area contributed by atoms with Crippen LogP contribution in [0.15, 0.2) is 24.3 Å². The van der Waals surface area contributed by atoms with Gasteiger partial charge in [0, 0.05) is 24.9 Å². The van der Waals surface area contributed by atoms with Gasteiger partial charge in [0.25, 0.3) is 5.82 Å². The number of carbonyl (C=O) groups excluding carboxylic acids is 2. The van der Waals surface area contributed by atoms with Crippen molar-refractivity contribution in [3.63, 3.8) is 0 Å². The molecule has 4 heterocycles. The minimum absolute atomic E-state index is 0.270. The summed E-state index contributed by atoms with van der Waals surface area (Å²) in [4.78, 5) is 40.9. The highest BCUT2D eigenvalue weighted by atomic mass is 16.6. The highest BCUT2D eigenvalue weighted by Gasteiger charge is 2.53. The van der Waals surface area contributed by atoms with E-state index in [4.69, 9.17) is 26.8 Å². The van der Waals surface area contributed by atoms with Crippen LogP contribution >= 0.6 is 0 Å². The zero-order valence-corrected chi connectivity index (χ0v) is 26.2. The molecule has 6 atom stereocenters. The summed E-state index contributed by atoms with van der Waals surface area (Å²) < 4.78 is 11.0. The summed E-state index contributed by atoms with van der Waals surface area (Å²) in [7, 11) is 0. The smallest absolute Gasteiger partial charge is 0.414 e. The van der Waals surface area contributed by atoms with Crippen LogP contribution in [0.1, 0.15) is 96.6 Å². The Morgan fingerprint density at radius 1 is 0.884 bits per heavy atom. The number of nitrogens with zero attached hydrogens (tertiary/aromatic N) is 5. The molecule has 2 aromatic heterocycles. The number of aromatic nitrogens is 2. The third kappa shape index (κ3) is 5.79. The lowest BCUT2D eigenvalue weighted by Gasteiger charge is -2.31. The Kier molecular flexibility index (Phi) is 6.77. The van der Waals surface area contributed by atoms with Gasteiger partial charge in [0.2, 0.25) is 0 Å². The third-order valence-corrected chi connectivity index (χ3v) is 8.94. The van der Waals surface area contributed by atoms with Crippen molar-refractivity contribution in [3.05, 3.63) is 52.8 Å². The minimum atomic E-state index is -0.512. The van der Waals surface area contributed by atoms with E-state index in [0.717, 1.165) is 54.3 Å². The van der Waals surface area contributed by atoms with Gasteiger partial charge in [-0.25, -0.2) is 9.59 Å². The van der Waals surface area contributed by atoms with Gasteiger partial charge < -0.3 is 20.1 Å². The lowest BCUT2D eigenvalue weighted by molar-refractivity contribution is 0.0565. The maximum atomic E-state index is 12.5. The summed E-state index contributed by atoms with van der Waals surface area (Å²) in [5, 5.41) is 0. The van der Waals surface area contributed by atoms with Gasteiger partial charge in [-0.2, -0.15) is 0 Å². The molecule has 3 aliphatic carbocycles. The molecule has 43 heavy (non-hydrogen) atoms. The topological polar surface area (TPSA) is 115 Å². The second-order valence-corrected chi connectivity index (χ2v) is 14.8. The van der Waals surface area contributed by atoms with E-state index in [9.17, 15) is 9.59 Å². The van der Waals surface area contributed by atoms with E-state index >= 15 is 0 Å². The quantitative estimate of drug-likeness (QED) is 0.373. The van der Waals surface area contributed by atoms with Crippen molar-refractivity contribution in [3.8, 4) is 0 Å². The molecule has 0 radical (unpaired) electrons. The fourth-order valence-corrected chi connectivity index (χ4v) is 6.27. The molecule has 7 rings (SSSR count). The molecule has 10 nitrogen and oxygen atoms in total. The number of nitrogens with two attached hydrogens (primary N) is 1. The van der Waals surface area contributed by atoms with Crippen LogP contribution in [0.25, 0.3) is 4.85 Å². The molecule has 5 aliphatic rings. The normalized spacial score (nSPS) is 29.3. The highest BCUT2D eigenvalue weighted by Crippen LogP contribution is 2.56. The fraction of sp³-hybridized carbons (Fsp3) is 0.606. The highest BCUT2D eigenvalue weighted by molar-refractivity contribution is 5.91. The summed E-state index contributed by atoms with van der Waals surface area (Å²) in [6.45, 7) is 21.9. The maximum Gasteiger partial charge on any atom is 0.414 e. The van der Waals surface area contributed by atoms with Crippen molar-refractivity contribution in [2.75, 3.05) is 22.9 Å². The molecule has 2 aromatic rings. The zero-order valence-electron chi connectivity index (χ0n) is 26.2. The van der Waals surface area contributed by atoms with Crippen molar-refractivity contribution in [1.82, 2.24) is 9.97 Å². The molecular weight excluding hydrogens is 544 g/mol. The standard InChI is InChI=1S/C18H25N3O2.C15H17N3O2/c1-10-8-18(10,19)14-6-5-13-15(20-14)12-7-11(12)9-21(13)16(22)23-17(2,3)4;1-15(2,3)20-14(19)18-8-9-7-10(9)13-11(18)5-6-12(16-4)17-13/h5-6,10-12H,7-9,19H2,1-4H3;5-6,9-10H,7-8H2,1-3H3. The summed E-state index contributed by atoms with van der Waals surface area (Å²) in [6, 6.07) is 7.47. The average Bonchev–Trinajstić information content (AvgIpc) is 3.83. The number of hydrogen-bond acceptors (Lipinski definition) is 7. The van der Waals surface area contributed by atoms with Crippen molar-refractivity contribution in [2.24, 2.45) is 23.5 Å². The number of pyridine rings is 2. The first kappa shape index (κ1) is 29.4. The van der Waals surface area contributed by atoms with Gasteiger partial charge in [0.15, 0.2) is 5.69 Å². The first-order valence-electron chi connectivity index (χ1n) is 15.3. The van der Waals surface area contributed by atoms with Gasteiger partial charge in [-0.15, -0.1) is 4.98 Å². The first-order chi connectivity index (χ1) is 20.1. The van der Waals surface area contributed by atoms with E-state index in [1.165, 1.54) is 0 Å². The molecular formula is C33H42N6O4. The molecule has 0 saturated heterocycles. The number of ether oxygens (including phenoxy) is 2. The Morgan fingerprint density at radius 3 is 1.79 bits per heavy atom. The molecule has 228 valence electrons. The van der Waals surface area contributed by atoms with Gasteiger partial charge in [-0.05, 0) is 103 Å². The second kappa shape index (κ2) is 9.91.